The first-order valence-corrected chi connectivity index (χ1v) is 8.38. The third-order valence-corrected chi connectivity index (χ3v) is 5.63. The molecule has 2 aliphatic rings. The standard InChI is InChI=1S/C18H21FN2O3/c19-13-2-1-12-3-6-21(14(12)9-13)11-17(23)20-15-10-16(22)18(15)4-7-24-8-5-18/h1-3,6,9,15-16,22H,4-5,7-8,10-11H2,(H,20,23)/t15-,16-/m1/s1. The summed E-state index contributed by atoms with van der Waals surface area (Å²) in [5, 5.41) is 14.1. The molecule has 128 valence electrons. The maximum absolute atomic E-state index is 13.4. The molecule has 2 atom stereocenters. The number of benzene rings is 1. The number of fused-ring (bicyclic) bond motifs is 1. The van der Waals surface area contributed by atoms with Crippen LogP contribution in [0.2, 0.25) is 0 Å². The molecule has 1 aromatic heterocycles. The van der Waals surface area contributed by atoms with Crippen LogP contribution in [0.5, 0.6) is 0 Å². The summed E-state index contributed by atoms with van der Waals surface area (Å²) in [6.45, 7) is 1.40. The van der Waals surface area contributed by atoms with Crippen molar-refractivity contribution < 1.29 is 19.0 Å². The highest BCUT2D eigenvalue weighted by Gasteiger charge is 2.55. The predicted molar refractivity (Wildman–Crippen MR) is 86.9 cm³/mol. The second-order valence-corrected chi connectivity index (χ2v) is 6.86. The van der Waals surface area contributed by atoms with E-state index in [4.69, 9.17) is 4.74 Å². The Morgan fingerprint density at radius 1 is 1.38 bits per heavy atom. The highest BCUT2D eigenvalue weighted by Crippen LogP contribution is 2.48. The fraction of sp³-hybridized carbons (Fsp3) is 0.500. The highest BCUT2D eigenvalue weighted by molar-refractivity contribution is 5.83. The molecule has 1 aliphatic heterocycles. The fourth-order valence-corrected chi connectivity index (χ4v) is 4.09. The van der Waals surface area contributed by atoms with Crippen molar-refractivity contribution >= 4 is 16.8 Å². The molecule has 4 rings (SSSR count). The van der Waals surface area contributed by atoms with Gasteiger partial charge in [0.1, 0.15) is 12.4 Å². The Morgan fingerprint density at radius 3 is 2.92 bits per heavy atom. The van der Waals surface area contributed by atoms with Gasteiger partial charge in [0.25, 0.3) is 0 Å². The summed E-state index contributed by atoms with van der Waals surface area (Å²) in [7, 11) is 0. The summed E-state index contributed by atoms with van der Waals surface area (Å²) in [4.78, 5) is 12.4. The molecule has 6 heteroatoms. The van der Waals surface area contributed by atoms with Crippen LogP contribution in [0.1, 0.15) is 19.3 Å². The Balaban J connectivity index is 1.46. The largest absolute Gasteiger partial charge is 0.392 e. The molecule has 1 amide bonds. The van der Waals surface area contributed by atoms with Gasteiger partial charge in [-0.2, -0.15) is 0 Å². The maximum atomic E-state index is 13.4. The van der Waals surface area contributed by atoms with Gasteiger partial charge in [-0.25, -0.2) is 4.39 Å². The van der Waals surface area contributed by atoms with Crippen molar-refractivity contribution in [1.29, 1.82) is 0 Å². The van der Waals surface area contributed by atoms with E-state index in [0.29, 0.717) is 25.2 Å². The molecule has 1 spiro atoms. The molecule has 0 bridgehead atoms. The fourth-order valence-electron chi connectivity index (χ4n) is 4.09. The van der Waals surface area contributed by atoms with Gasteiger partial charge in [-0.15, -0.1) is 0 Å². The number of aliphatic hydroxyl groups excluding tert-OH is 1. The zero-order valence-electron chi connectivity index (χ0n) is 13.4. The first-order valence-electron chi connectivity index (χ1n) is 8.38. The topological polar surface area (TPSA) is 63.5 Å². The molecule has 2 heterocycles. The van der Waals surface area contributed by atoms with Crippen molar-refractivity contribution in [2.75, 3.05) is 13.2 Å². The second kappa shape index (κ2) is 5.86. The van der Waals surface area contributed by atoms with E-state index in [-0.39, 0.29) is 35.8 Å². The van der Waals surface area contributed by atoms with Crippen molar-refractivity contribution in [2.45, 2.75) is 38.0 Å². The van der Waals surface area contributed by atoms with E-state index in [0.717, 1.165) is 18.2 Å². The lowest BCUT2D eigenvalue weighted by atomic mass is 9.58. The summed E-state index contributed by atoms with van der Waals surface area (Å²) in [6, 6.07) is 6.42. The number of carbonyl (C=O) groups excluding carboxylic acids is 1. The van der Waals surface area contributed by atoms with Gasteiger partial charge in [-0.1, -0.05) is 0 Å². The summed E-state index contributed by atoms with van der Waals surface area (Å²) < 4.78 is 20.6. The number of amides is 1. The first kappa shape index (κ1) is 15.6. The molecular formula is C18H21FN2O3. The van der Waals surface area contributed by atoms with Crippen LogP contribution in [0.3, 0.4) is 0 Å². The van der Waals surface area contributed by atoms with Crippen molar-refractivity contribution in [3.8, 4) is 0 Å². The van der Waals surface area contributed by atoms with Crippen LogP contribution in [0.4, 0.5) is 4.39 Å². The van der Waals surface area contributed by atoms with Crippen LogP contribution in [-0.4, -0.2) is 40.9 Å². The molecule has 2 aromatic rings. The first-order chi connectivity index (χ1) is 11.6. The van der Waals surface area contributed by atoms with Gasteiger partial charge in [0, 0.05) is 30.9 Å². The van der Waals surface area contributed by atoms with E-state index in [9.17, 15) is 14.3 Å². The number of nitrogens with zero attached hydrogens (tertiary/aromatic N) is 1. The molecule has 2 fully saturated rings. The van der Waals surface area contributed by atoms with Crippen LogP contribution >= 0.6 is 0 Å². The van der Waals surface area contributed by atoms with Crippen molar-refractivity contribution in [3.63, 3.8) is 0 Å². The quantitative estimate of drug-likeness (QED) is 0.901. The van der Waals surface area contributed by atoms with Crippen molar-refractivity contribution in [2.24, 2.45) is 5.41 Å². The molecule has 24 heavy (non-hydrogen) atoms. The Kier molecular flexibility index (Phi) is 3.81. The van der Waals surface area contributed by atoms with Gasteiger partial charge < -0.3 is 19.7 Å². The molecular weight excluding hydrogens is 311 g/mol. The zero-order valence-corrected chi connectivity index (χ0v) is 13.4. The van der Waals surface area contributed by atoms with Crippen LogP contribution in [-0.2, 0) is 16.1 Å². The molecule has 2 N–H and O–H groups in total. The molecule has 0 unspecified atom stereocenters. The number of ether oxygens (including phenoxy) is 1. The molecule has 5 nitrogen and oxygen atoms in total. The SMILES string of the molecule is O=C(Cn1ccc2ccc(F)cc21)N[C@@H]1C[C@@H](O)C12CCOCC2. The van der Waals surface area contributed by atoms with E-state index < -0.39 is 0 Å². The lowest BCUT2D eigenvalue weighted by Crippen LogP contribution is -2.65. The smallest absolute Gasteiger partial charge is 0.240 e. The minimum Gasteiger partial charge on any atom is -0.392 e. The summed E-state index contributed by atoms with van der Waals surface area (Å²) in [6.07, 6.45) is 3.57. The van der Waals surface area contributed by atoms with Gasteiger partial charge >= 0.3 is 0 Å². The number of halogens is 1. The molecule has 1 saturated heterocycles. The Morgan fingerprint density at radius 2 is 2.17 bits per heavy atom. The van der Waals surface area contributed by atoms with Gasteiger partial charge in [0.2, 0.25) is 5.91 Å². The third-order valence-electron chi connectivity index (χ3n) is 5.63. The summed E-state index contributed by atoms with van der Waals surface area (Å²) in [5.41, 5.74) is 0.471. The van der Waals surface area contributed by atoms with E-state index in [1.54, 1.807) is 16.8 Å². The van der Waals surface area contributed by atoms with Crippen LogP contribution in [0.15, 0.2) is 30.5 Å². The minimum atomic E-state index is -0.367. The number of aliphatic hydroxyl groups is 1. The van der Waals surface area contributed by atoms with Gasteiger partial charge in [-0.3, -0.25) is 4.79 Å². The maximum Gasteiger partial charge on any atom is 0.240 e. The Bertz CT molecular complexity index is 767. The van der Waals surface area contributed by atoms with Crippen molar-refractivity contribution in [3.05, 3.63) is 36.3 Å². The second-order valence-electron chi connectivity index (χ2n) is 6.86. The normalized spacial score (nSPS) is 25.6. The van der Waals surface area contributed by atoms with Crippen LogP contribution in [0.25, 0.3) is 10.9 Å². The number of hydrogen-bond donors (Lipinski definition) is 2. The zero-order chi connectivity index (χ0) is 16.7. The lowest BCUT2D eigenvalue weighted by molar-refractivity contribution is -0.156. The number of nitrogens with one attached hydrogen (secondary N) is 1. The molecule has 1 aliphatic carbocycles. The van der Waals surface area contributed by atoms with Crippen molar-refractivity contribution in [1.82, 2.24) is 9.88 Å². The van der Waals surface area contributed by atoms with Crippen LogP contribution in [0, 0.1) is 11.2 Å². The average molecular weight is 332 g/mol. The number of rotatable bonds is 3. The average Bonchev–Trinajstić information content (AvgIpc) is 2.97. The Hall–Kier alpha value is -1.92. The van der Waals surface area contributed by atoms with Gasteiger partial charge in [-0.05, 0) is 48.9 Å². The molecule has 0 radical (unpaired) electrons. The molecule has 1 aromatic carbocycles. The molecule has 1 saturated carbocycles. The highest BCUT2D eigenvalue weighted by atomic mass is 19.1. The summed E-state index contributed by atoms with van der Waals surface area (Å²) >= 11 is 0. The number of hydrogen-bond acceptors (Lipinski definition) is 3. The third kappa shape index (κ3) is 2.50. The number of carbonyl (C=O) groups is 1. The summed E-state index contributed by atoms with van der Waals surface area (Å²) in [5.74, 6) is -0.425. The van der Waals surface area contributed by atoms with Gasteiger partial charge in [0.15, 0.2) is 0 Å². The predicted octanol–water partition coefficient (Wildman–Crippen LogP) is 1.83. The van der Waals surface area contributed by atoms with E-state index in [1.165, 1.54) is 12.1 Å². The monoisotopic (exact) mass is 332 g/mol. The van der Waals surface area contributed by atoms with Crippen LogP contribution < -0.4 is 5.32 Å². The minimum absolute atomic E-state index is 0.0116. The van der Waals surface area contributed by atoms with E-state index in [1.807, 2.05) is 6.07 Å². The number of aromatic nitrogens is 1. The van der Waals surface area contributed by atoms with E-state index in [2.05, 4.69) is 5.32 Å². The Labute approximate surface area is 139 Å². The van der Waals surface area contributed by atoms with E-state index >= 15 is 0 Å². The lowest BCUT2D eigenvalue weighted by Gasteiger charge is -2.55. The van der Waals surface area contributed by atoms with Gasteiger partial charge in [0.05, 0.1) is 11.6 Å².